The summed E-state index contributed by atoms with van der Waals surface area (Å²) in [5.41, 5.74) is -0.298. The monoisotopic (exact) mass is 315 g/mol. The predicted molar refractivity (Wildman–Crippen MR) is 80.4 cm³/mol. The molecule has 2 rings (SSSR count). The van der Waals surface area contributed by atoms with Gasteiger partial charge in [0.15, 0.2) is 5.03 Å². The number of sulfonamides is 1. The Balaban J connectivity index is 2.09. The van der Waals surface area contributed by atoms with Crippen LogP contribution in [-0.2, 0) is 16.6 Å². The Morgan fingerprint density at radius 2 is 2.10 bits per heavy atom. The normalized spacial score (nSPS) is 18.2. The van der Waals surface area contributed by atoms with Crippen molar-refractivity contribution < 1.29 is 13.5 Å². The van der Waals surface area contributed by atoms with Gasteiger partial charge in [-0.1, -0.05) is 19.8 Å². The van der Waals surface area contributed by atoms with Crippen molar-refractivity contribution in [3.63, 3.8) is 0 Å². The van der Waals surface area contributed by atoms with Gasteiger partial charge in [0.1, 0.15) is 5.82 Å². The van der Waals surface area contributed by atoms with E-state index in [0.29, 0.717) is 5.82 Å². The van der Waals surface area contributed by atoms with Crippen LogP contribution in [0, 0.1) is 12.3 Å². The first kappa shape index (κ1) is 16.5. The van der Waals surface area contributed by atoms with Gasteiger partial charge in [0, 0.05) is 31.3 Å². The first-order chi connectivity index (χ1) is 9.92. The molecule has 0 spiro atoms. The fraction of sp³-hybridized carbons (Fsp3) is 0.786. The van der Waals surface area contributed by atoms with Crippen molar-refractivity contribution in [2.75, 3.05) is 13.2 Å². The first-order valence-corrected chi connectivity index (χ1v) is 9.05. The second kappa shape index (κ2) is 6.46. The predicted octanol–water partition coefficient (Wildman–Crippen LogP) is 1.43. The lowest BCUT2D eigenvalue weighted by Gasteiger charge is -2.26. The Kier molecular flexibility index (Phi) is 5.06. The lowest BCUT2D eigenvalue weighted by atomic mass is 9.88. The number of aryl methyl sites for hydroxylation is 2. The average molecular weight is 315 g/mol. The van der Waals surface area contributed by atoms with E-state index in [9.17, 15) is 13.5 Å². The standard InChI is InChI=1S/C14H25N3O3S/c1-3-8-17-9-13(16-12(17)2)21(19,20)15-10-14(11-18)6-4-5-7-14/h9,15,18H,3-8,10-11H2,1-2H3. The maximum atomic E-state index is 12.3. The highest BCUT2D eigenvalue weighted by molar-refractivity contribution is 7.89. The SMILES string of the molecule is CCCn1cc(S(=O)(=O)NCC2(CO)CCCC2)nc1C. The van der Waals surface area contributed by atoms with E-state index in [-0.39, 0.29) is 23.6 Å². The van der Waals surface area contributed by atoms with Crippen LogP contribution in [-0.4, -0.2) is 36.2 Å². The molecule has 1 aromatic heterocycles. The van der Waals surface area contributed by atoms with E-state index in [1.807, 2.05) is 11.5 Å². The van der Waals surface area contributed by atoms with Gasteiger partial charge in [-0.05, 0) is 26.2 Å². The summed E-state index contributed by atoms with van der Waals surface area (Å²) in [6.07, 6.45) is 6.35. The van der Waals surface area contributed by atoms with Crippen LogP contribution in [0.1, 0.15) is 44.9 Å². The molecule has 120 valence electrons. The van der Waals surface area contributed by atoms with Gasteiger partial charge in [-0.25, -0.2) is 18.1 Å². The molecular formula is C14H25N3O3S. The van der Waals surface area contributed by atoms with Crippen LogP contribution in [0.3, 0.4) is 0 Å². The molecule has 1 saturated carbocycles. The van der Waals surface area contributed by atoms with Gasteiger partial charge in [0.05, 0.1) is 0 Å². The van der Waals surface area contributed by atoms with E-state index in [0.717, 1.165) is 38.6 Å². The summed E-state index contributed by atoms with van der Waals surface area (Å²) >= 11 is 0. The van der Waals surface area contributed by atoms with Gasteiger partial charge in [-0.15, -0.1) is 0 Å². The Labute approximate surface area is 126 Å². The summed E-state index contributed by atoms with van der Waals surface area (Å²) in [7, 11) is -3.61. The smallest absolute Gasteiger partial charge is 0.259 e. The molecule has 21 heavy (non-hydrogen) atoms. The Bertz CT molecular complexity index is 574. The minimum Gasteiger partial charge on any atom is -0.396 e. The first-order valence-electron chi connectivity index (χ1n) is 7.57. The summed E-state index contributed by atoms with van der Waals surface area (Å²) < 4.78 is 29.2. The summed E-state index contributed by atoms with van der Waals surface area (Å²) in [6.45, 7) is 4.91. The van der Waals surface area contributed by atoms with Gasteiger partial charge in [-0.3, -0.25) is 0 Å². The topological polar surface area (TPSA) is 84.2 Å². The van der Waals surface area contributed by atoms with Crippen LogP contribution in [0.2, 0.25) is 0 Å². The van der Waals surface area contributed by atoms with Gasteiger partial charge < -0.3 is 9.67 Å². The molecule has 2 N–H and O–H groups in total. The van der Waals surface area contributed by atoms with Crippen molar-refractivity contribution in [2.24, 2.45) is 5.41 Å². The highest BCUT2D eigenvalue weighted by atomic mass is 32.2. The van der Waals surface area contributed by atoms with E-state index in [2.05, 4.69) is 9.71 Å². The molecule has 0 radical (unpaired) electrons. The maximum absolute atomic E-state index is 12.3. The van der Waals surface area contributed by atoms with E-state index in [1.165, 1.54) is 0 Å². The number of imidazole rings is 1. The minimum atomic E-state index is -3.61. The van der Waals surface area contributed by atoms with Gasteiger partial charge in [-0.2, -0.15) is 0 Å². The average Bonchev–Trinajstić information content (AvgIpc) is 3.06. The highest BCUT2D eigenvalue weighted by Crippen LogP contribution is 2.37. The fourth-order valence-electron chi connectivity index (χ4n) is 2.91. The molecule has 1 aliphatic rings. The number of hydrogen-bond acceptors (Lipinski definition) is 4. The van der Waals surface area contributed by atoms with Crippen LogP contribution in [0.4, 0.5) is 0 Å². The van der Waals surface area contributed by atoms with Crippen molar-refractivity contribution in [2.45, 2.75) is 57.5 Å². The molecule has 7 heteroatoms. The molecule has 1 heterocycles. The fourth-order valence-corrected chi connectivity index (χ4v) is 4.08. The number of nitrogens with zero attached hydrogens (tertiary/aromatic N) is 2. The third-order valence-corrected chi connectivity index (χ3v) is 5.60. The second-order valence-electron chi connectivity index (χ2n) is 6.01. The van der Waals surface area contributed by atoms with Crippen LogP contribution in [0.25, 0.3) is 0 Å². The molecule has 0 atom stereocenters. The summed E-state index contributed by atoms with van der Waals surface area (Å²) in [4.78, 5) is 4.14. The van der Waals surface area contributed by atoms with Crippen LogP contribution in [0.5, 0.6) is 0 Å². The lowest BCUT2D eigenvalue weighted by molar-refractivity contribution is 0.134. The molecule has 0 aliphatic heterocycles. The molecule has 0 saturated heterocycles. The van der Waals surface area contributed by atoms with Crippen molar-refractivity contribution in [3.8, 4) is 0 Å². The molecule has 0 amide bonds. The van der Waals surface area contributed by atoms with Gasteiger partial charge in [0.25, 0.3) is 10.0 Å². The van der Waals surface area contributed by atoms with E-state index in [4.69, 9.17) is 0 Å². The highest BCUT2D eigenvalue weighted by Gasteiger charge is 2.34. The van der Waals surface area contributed by atoms with E-state index in [1.54, 1.807) is 13.1 Å². The third kappa shape index (κ3) is 3.64. The third-order valence-electron chi connectivity index (χ3n) is 4.33. The number of aliphatic hydroxyl groups is 1. The molecule has 1 fully saturated rings. The molecule has 0 unspecified atom stereocenters. The van der Waals surface area contributed by atoms with Gasteiger partial charge >= 0.3 is 0 Å². The van der Waals surface area contributed by atoms with Crippen LogP contribution < -0.4 is 4.72 Å². The maximum Gasteiger partial charge on any atom is 0.259 e. The van der Waals surface area contributed by atoms with E-state index >= 15 is 0 Å². The minimum absolute atomic E-state index is 0.0266. The summed E-state index contributed by atoms with van der Waals surface area (Å²) in [5, 5.41) is 9.62. The molecule has 1 aliphatic carbocycles. The summed E-state index contributed by atoms with van der Waals surface area (Å²) in [6, 6.07) is 0. The van der Waals surface area contributed by atoms with Crippen molar-refractivity contribution in [3.05, 3.63) is 12.0 Å². The van der Waals surface area contributed by atoms with Gasteiger partial charge in [0.2, 0.25) is 0 Å². The van der Waals surface area contributed by atoms with Crippen LogP contribution in [0.15, 0.2) is 11.2 Å². The van der Waals surface area contributed by atoms with Crippen LogP contribution >= 0.6 is 0 Å². The quantitative estimate of drug-likeness (QED) is 0.797. The molecule has 0 bridgehead atoms. The Hall–Kier alpha value is -0.920. The molecule has 1 aromatic rings. The number of aliphatic hydroxyl groups excluding tert-OH is 1. The molecule has 0 aromatic carbocycles. The molecule has 6 nitrogen and oxygen atoms in total. The van der Waals surface area contributed by atoms with Crippen molar-refractivity contribution in [1.82, 2.24) is 14.3 Å². The second-order valence-corrected chi connectivity index (χ2v) is 7.72. The zero-order valence-electron chi connectivity index (χ0n) is 12.8. The lowest BCUT2D eigenvalue weighted by Crippen LogP contribution is -2.38. The zero-order chi connectivity index (χ0) is 15.5. The van der Waals surface area contributed by atoms with Crippen molar-refractivity contribution in [1.29, 1.82) is 0 Å². The Morgan fingerprint density at radius 3 is 2.67 bits per heavy atom. The van der Waals surface area contributed by atoms with Crippen molar-refractivity contribution >= 4 is 10.0 Å². The number of hydrogen-bond donors (Lipinski definition) is 2. The largest absolute Gasteiger partial charge is 0.396 e. The number of nitrogens with one attached hydrogen (secondary N) is 1. The summed E-state index contributed by atoms with van der Waals surface area (Å²) in [5.74, 6) is 0.704. The Morgan fingerprint density at radius 1 is 1.43 bits per heavy atom. The number of rotatable bonds is 7. The molecular weight excluding hydrogens is 290 g/mol. The zero-order valence-corrected chi connectivity index (χ0v) is 13.6. The number of aromatic nitrogens is 2. The van der Waals surface area contributed by atoms with E-state index < -0.39 is 10.0 Å².